The topological polar surface area (TPSA) is 271 Å². The van der Waals surface area contributed by atoms with E-state index in [9.17, 15) is 41.9 Å². The number of ether oxygens (including phenoxy) is 1. The second-order valence-electron chi connectivity index (χ2n) is 30.3. The molecule has 2 aromatic carbocycles. The van der Waals surface area contributed by atoms with Crippen LogP contribution < -0.4 is 15.4 Å². The quantitative estimate of drug-likeness (QED) is 0.258. The van der Waals surface area contributed by atoms with Crippen molar-refractivity contribution >= 4 is 70.9 Å². The summed E-state index contributed by atoms with van der Waals surface area (Å²) in [7, 11) is 14.1. The third-order valence-corrected chi connectivity index (χ3v) is 23.0. The summed E-state index contributed by atoms with van der Waals surface area (Å²) in [5.41, 5.74) is -1.13. The highest BCUT2D eigenvalue weighted by atomic mass is 19.4. The van der Waals surface area contributed by atoms with Gasteiger partial charge in [0, 0.05) is 82.9 Å². The lowest BCUT2D eigenvalue weighted by Crippen LogP contribution is -2.68. The van der Waals surface area contributed by atoms with Crippen molar-refractivity contribution in [2.45, 2.75) is 210 Å². The summed E-state index contributed by atoms with van der Waals surface area (Å²) in [6, 6.07) is 0.496. The molecular formula is C76H109F3N12O13. The second kappa shape index (κ2) is 34.1. The van der Waals surface area contributed by atoms with Crippen LogP contribution in [0, 0.1) is 24.2 Å². The van der Waals surface area contributed by atoms with Crippen molar-refractivity contribution in [3.63, 3.8) is 0 Å². The van der Waals surface area contributed by atoms with E-state index in [-0.39, 0.29) is 64.5 Å². The Labute approximate surface area is 609 Å². The van der Waals surface area contributed by atoms with Crippen LogP contribution >= 0.6 is 0 Å². The molecule has 2 spiro atoms. The Kier molecular flexibility index (Phi) is 26.6. The first kappa shape index (κ1) is 81.1. The molecule has 28 heteroatoms. The highest BCUT2D eigenvalue weighted by molar-refractivity contribution is 6.01. The number of hydrogen-bond acceptors (Lipinski definition) is 13. The molecule has 2 N–H and O–H groups in total. The lowest BCUT2D eigenvalue weighted by molar-refractivity contribution is -0.166. The smallest absolute Gasteiger partial charge is 0.419 e. The first-order valence-corrected chi connectivity index (χ1v) is 36.7. The number of aryl methyl sites for hydroxylation is 2. The van der Waals surface area contributed by atoms with Crippen LogP contribution in [-0.2, 0) is 76.6 Å². The molecule has 12 amide bonds. The third-order valence-electron chi connectivity index (χ3n) is 23.0. The maximum absolute atomic E-state index is 15.7. The molecule has 6 aliphatic rings. The lowest BCUT2D eigenvalue weighted by atomic mass is 9.73. The fourth-order valence-electron chi connectivity index (χ4n) is 15.7. The number of fused-ring (bicyclic) bond motifs is 3. The van der Waals surface area contributed by atoms with Gasteiger partial charge in [0.25, 0.3) is 0 Å². The van der Waals surface area contributed by atoms with Gasteiger partial charge in [-0.2, -0.15) is 13.2 Å². The lowest BCUT2D eigenvalue weighted by Gasteiger charge is -2.51. The summed E-state index contributed by atoms with van der Waals surface area (Å²) >= 11 is 0. The van der Waals surface area contributed by atoms with Crippen LogP contribution in [0.25, 0.3) is 0 Å². The molecule has 572 valence electrons. The van der Waals surface area contributed by atoms with Crippen LogP contribution in [0.2, 0.25) is 0 Å². The largest absolute Gasteiger partial charge is 0.496 e. The van der Waals surface area contributed by atoms with Gasteiger partial charge in [-0.25, -0.2) is 0 Å². The molecule has 2 bridgehead atoms. The summed E-state index contributed by atoms with van der Waals surface area (Å²) in [5.74, 6) is -9.21. The number of amides is 12. The molecule has 104 heavy (non-hydrogen) atoms. The van der Waals surface area contributed by atoms with Crippen LogP contribution in [0.3, 0.4) is 0 Å². The van der Waals surface area contributed by atoms with Gasteiger partial charge in [0.2, 0.25) is 70.9 Å². The summed E-state index contributed by atoms with van der Waals surface area (Å²) in [6.07, 6.45) is 4.11. The van der Waals surface area contributed by atoms with Gasteiger partial charge >= 0.3 is 6.18 Å². The van der Waals surface area contributed by atoms with E-state index in [1.54, 1.807) is 13.0 Å². The van der Waals surface area contributed by atoms with Gasteiger partial charge in [0.1, 0.15) is 59.6 Å². The minimum absolute atomic E-state index is 0.000835. The summed E-state index contributed by atoms with van der Waals surface area (Å²) in [4.78, 5) is 194. The Balaban J connectivity index is 1.21. The molecule has 3 aliphatic heterocycles. The first-order chi connectivity index (χ1) is 49.0. The van der Waals surface area contributed by atoms with E-state index < -0.39 is 179 Å². The highest BCUT2D eigenvalue weighted by Crippen LogP contribution is 2.56. The van der Waals surface area contributed by atoms with Crippen molar-refractivity contribution in [3.8, 4) is 5.75 Å². The van der Waals surface area contributed by atoms with Gasteiger partial charge in [-0.05, 0) is 131 Å². The maximum atomic E-state index is 15.7. The average molecular weight is 1460 g/mol. The predicted octanol–water partition coefficient (Wildman–Crippen LogP) is 5.23. The van der Waals surface area contributed by atoms with Crippen LogP contribution in [0.15, 0.2) is 54.6 Å². The monoisotopic (exact) mass is 1450 g/mol. The van der Waals surface area contributed by atoms with E-state index in [0.29, 0.717) is 62.5 Å². The molecule has 9 atom stereocenters. The first-order valence-electron chi connectivity index (χ1n) is 36.7. The van der Waals surface area contributed by atoms with Gasteiger partial charge < -0.3 is 64.4 Å². The van der Waals surface area contributed by atoms with E-state index in [1.807, 2.05) is 51.1 Å². The van der Waals surface area contributed by atoms with Gasteiger partial charge in [-0.1, -0.05) is 94.5 Å². The zero-order valence-corrected chi connectivity index (χ0v) is 63.1. The number of likely N-dealkylation sites (N-methyl/N-ethyl adjacent to an activating group) is 8. The number of alkyl halides is 3. The standard InChI is InChI=1S/C76H109F3N12O13/c1-15-23-54-65(95)81-63(48(4)16-2)71(101)84(8)45-62(94)86(10)55-26-18-17-21-39-90(70(55)100)57(40-49-29-27-47(3)28-30-49)68(98)83(7)44-60(92)80-53(34-32-50-31-33-52(76(77,78)79)59(41-50)104-14)66(96)91-46-74(37-38-74)43-58(91)69(99)89(13)75(35-22-36-75)73(103)88(12)64(51-24-19-20-25-51)72(102)87(11)56(67(97)82(5)6)42-61(93)85(54)9/h17-18,27-31,33,41,48,51,53-58,63-64H,15-16,19-26,32,34-40,42-46H2,1-14H3,(H,80,92)(H,81,95)/b18-17-/t48-,53-,54-,55-,56-,57-,58-,63-,64-/m0/s1. The fraction of sp³-hybridized carbons (Fsp3) is 0.658. The number of benzene rings is 2. The van der Waals surface area contributed by atoms with Gasteiger partial charge in [-0.3, -0.25) is 57.5 Å². The van der Waals surface area contributed by atoms with Crippen molar-refractivity contribution in [1.82, 2.24) is 59.6 Å². The fourth-order valence-corrected chi connectivity index (χ4v) is 15.7. The number of carbonyl (C=O) groups is 12. The number of nitrogens with one attached hydrogen (secondary N) is 2. The zero-order valence-electron chi connectivity index (χ0n) is 63.1. The molecule has 0 unspecified atom stereocenters. The molecular weight excluding hydrogens is 1350 g/mol. The van der Waals surface area contributed by atoms with E-state index in [1.165, 1.54) is 115 Å². The third kappa shape index (κ3) is 18.0. The normalized spacial score (nSPS) is 26.7. The molecule has 3 saturated carbocycles. The number of halogens is 3. The number of hydrogen-bond donors (Lipinski definition) is 2. The second-order valence-corrected chi connectivity index (χ2v) is 30.3. The Hall–Kier alpha value is -8.59. The molecule has 3 heterocycles. The highest BCUT2D eigenvalue weighted by Gasteiger charge is 2.60. The van der Waals surface area contributed by atoms with Crippen molar-refractivity contribution in [2.24, 2.45) is 17.3 Å². The Morgan fingerprint density at radius 2 is 1.33 bits per heavy atom. The zero-order chi connectivity index (χ0) is 76.6. The minimum Gasteiger partial charge on any atom is -0.496 e. The molecule has 2 saturated heterocycles. The van der Waals surface area contributed by atoms with Gasteiger partial charge in [-0.15, -0.1) is 0 Å². The van der Waals surface area contributed by atoms with E-state index >= 15 is 28.8 Å². The van der Waals surface area contributed by atoms with E-state index in [2.05, 4.69) is 10.6 Å². The van der Waals surface area contributed by atoms with Crippen molar-refractivity contribution in [3.05, 3.63) is 76.9 Å². The SMILES string of the molecule is CCC[C@H]1C(=O)N[C@@H]([C@@H](C)CC)C(=O)N(C)CC(=O)N(C)[C@H]2C/C=C\CCN(C2=O)[C@@H](Cc2ccc(C)cc2)C(=O)N(C)CC(=O)N[C@@H](CCc2ccc(C(F)(F)F)c(OC)c2)C(=O)N2CC3(CC3)C[C@H]2C(=O)N(C)C2(CCC2)C(=O)N(C)[C@@H](C2CCCC2)C(=O)N(C)[C@H](C(=O)N(C)C)CC(=O)N1C. The number of carbonyl (C=O) groups excluding carboxylic acids is 12. The summed E-state index contributed by atoms with van der Waals surface area (Å²) in [5, 5.41) is 5.73. The van der Waals surface area contributed by atoms with Crippen LogP contribution in [0.5, 0.6) is 5.75 Å². The maximum Gasteiger partial charge on any atom is 0.419 e. The molecule has 0 aromatic heterocycles. The van der Waals surface area contributed by atoms with Crippen molar-refractivity contribution in [2.75, 3.05) is 96.7 Å². The summed E-state index contributed by atoms with van der Waals surface area (Å²) in [6.45, 7) is 6.16. The average Bonchev–Trinajstić information content (AvgIpc) is 1.46. The van der Waals surface area contributed by atoms with Crippen LogP contribution in [0.4, 0.5) is 13.2 Å². The molecule has 25 nitrogen and oxygen atoms in total. The van der Waals surface area contributed by atoms with Gasteiger partial charge in [0.15, 0.2) is 0 Å². The number of nitrogens with zero attached hydrogens (tertiary/aromatic N) is 10. The Morgan fingerprint density at radius 3 is 1.91 bits per heavy atom. The van der Waals surface area contributed by atoms with Crippen LogP contribution in [0.1, 0.15) is 152 Å². The van der Waals surface area contributed by atoms with Crippen molar-refractivity contribution < 1.29 is 75.4 Å². The van der Waals surface area contributed by atoms with E-state index in [4.69, 9.17) is 4.74 Å². The Morgan fingerprint density at radius 1 is 0.683 bits per heavy atom. The van der Waals surface area contributed by atoms with Gasteiger partial charge in [0.05, 0.1) is 32.2 Å². The molecule has 3 aliphatic carbocycles. The molecule has 5 fully saturated rings. The number of methoxy groups -OCH3 is 1. The number of rotatable bonds is 12. The van der Waals surface area contributed by atoms with Crippen LogP contribution in [-0.4, -0.2) is 270 Å². The Bertz CT molecular complexity index is 3560. The molecule has 8 rings (SSSR count). The minimum atomic E-state index is -4.76. The summed E-state index contributed by atoms with van der Waals surface area (Å²) < 4.78 is 47.7. The van der Waals surface area contributed by atoms with Crippen molar-refractivity contribution in [1.29, 1.82) is 0 Å². The molecule has 0 radical (unpaired) electrons. The predicted molar refractivity (Wildman–Crippen MR) is 381 cm³/mol. The molecule has 2 aromatic rings. The van der Waals surface area contributed by atoms with E-state index in [0.717, 1.165) is 41.4 Å².